The minimum Gasteiger partial charge on any atom is -0.378 e. The van der Waals surface area contributed by atoms with Crippen LogP contribution in [0.15, 0.2) is 47.1 Å². The summed E-state index contributed by atoms with van der Waals surface area (Å²) in [5.41, 5.74) is 6.71. The van der Waals surface area contributed by atoms with E-state index in [1.807, 2.05) is 13.0 Å². The summed E-state index contributed by atoms with van der Waals surface area (Å²) in [5, 5.41) is 0. The minimum absolute atomic E-state index is 0.0271. The quantitative estimate of drug-likeness (QED) is 0.550. The molecule has 5 rings (SSSR count). The predicted molar refractivity (Wildman–Crippen MR) is 129 cm³/mol. The Labute approximate surface area is 192 Å². The van der Waals surface area contributed by atoms with Gasteiger partial charge in [-0.15, -0.1) is 5.92 Å². The van der Waals surface area contributed by atoms with Crippen molar-refractivity contribution in [1.29, 1.82) is 0 Å². The molecule has 3 aliphatic carbocycles. The van der Waals surface area contributed by atoms with Gasteiger partial charge in [-0.05, 0) is 91.4 Å². The number of nitrogens with zero attached hydrogens (tertiary/aromatic N) is 1. The molecule has 1 saturated heterocycles. The monoisotopic (exact) mass is 429 g/mol. The number of fused-ring (bicyclic) bond motifs is 4. The molecule has 3 nitrogen and oxygen atoms in total. The number of benzene rings is 1. The van der Waals surface area contributed by atoms with Crippen LogP contribution in [-0.2, 0) is 9.53 Å². The molecule has 0 amide bonds. The molecule has 1 saturated carbocycles. The van der Waals surface area contributed by atoms with Gasteiger partial charge < -0.3 is 9.64 Å². The highest BCUT2D eigenvalue weighted by molar-refractivity contribution is 5.93. The van der Waals surface area contributed by atoms with E-state index >= 15 is 0 Å². The number of anilines is 1. The van der Waals surface area contributed by atoms with Crippen LogP contribution < -0.4 is 4.90 Å². The lowest BCUT2D eigenvalue weighted by atomic mass is 9.62. The first-order valence-corrected chi connectivity index (χ1v) is 12.2. The van der Waals surface area contributed by atoms with Crippen LogP contribution in [0.1, 0.15) is 64.0 Å². The van der Waals surface area contributed by atoms with Gasteiger partial charge in [-0.25, -0.2) is 0 Å². The van der Waals surface area contributed by atoms with Crippen LogP contribution in [-0.4, -0.2) is 26.5 Å². The van der Waals surface area contributed by atoms with E-state index in [2.05, 4.69) is 62.0 Å². The lowest BCUT2D eigenvalue weighted by Gasteiger charge is -2.40. The Morgan fingerprint density at radius 3 is 2.56 bits per heavy atom. The zero-order chi connectivity index (χ0) is 22.5. The van der Waals surface area contributed by atoms with Crippen molar-refractivity contribution < 1.29 is 9.53 Å². The van der Waals surface area contributed by atoms with Crippen molar-refractivity contribution in [3.63, 3.8) is 0 Å². The fourth-order valence-electron chi connectivity index (χ4n) is 6.90. The maximum atomic E-state index is 12.2. The third-order valence-electron chi connectivity index (χ3n) is 8.59. The molecule has 2 fully saturated rings. The Morgan fingerprint density at radius 1 is 1.06 bits per heavy atom. The van der Waals surface area contributed by atoms with E-state index in [4.69, 9.17) is 4.74 Å². The molecule has 1 aliphatic heterocycles. The molecule has 1 aromatic carbocycles. The van der Waals surface area contributed by atoms with Crippen LogP contribution in [0.25, 0.3) is 0 Å². The number of carbonyl (C=O) groups excluding carboxylic acids is 1. The average Bonchev–Trinajstić information content (AvgIpc) is 3.03. The maximum absolute atomic E-state index is 12.2. The first-order valence-electron chi connectivity index (χ1n) is 12.2. The standard InChI is InChI=1S/C29H35NO2/c1-5-6-21-10-16-26-25-14-9-20-17-23(31)13-15-24(20)27(25)28(32-18-29(21,26)2)19-7-11-22(12-8-19)30(3)4/h7-8,11-12,17,21,25-26,28H,9-10,13-16,18H2,1-4H3/t21?,25?,26?,28?,29-/m1/s1. The molecule has 3 heteroatoms. The molecule has 1 heterocycles. The van der Waals surface area contributed by atoms with Crippen molar-refractivity contribution in [2.75, 3.05) is 25.6 Å². The number of carbonyl (C=O) groups is 1. The van der Waals surface area contributed by atoms with Gasteiger partial charge in [-0.3, -0.25) is 4.79 Å². The first-order chi connectivity index (χ1) is 15.4. The van der Waals surface area contributed by atoms with Gasteiger partial charge in [0.25, 0.3) is 0 Å². The van der Waals surface area contributed by atoms with Crippen molar-refractivity contribution in [2.45, 2.75) is 58.5 Å². The van der Waals surface area contributed by atoms with Crippen LogP contribution in [0.3, 0.4) is 0 Å². The van der Waals surface area contributed by atoms with Crippen molar-refractivity contribution >= 4 is 11.5 Å². The van der Waals surface area contributed by atoms with Crippen LogP contribution in [0.2, 0.25) is 0 Å². The third-order valence-corrected chi connectivity index (χ3v) is 8.59. The van der Waals surface area contributed by atoms with Crippen molar-refractivity contribution in [1.82, 2.24) is 0 Å². The molecule has 0 aromatic heterocycles. The topological polar surface area (TPSA) is 29.5 Å². The van der Waals surface area contributed by atoms with Gasteiger partial charge >= 0.3 is 0 Å². The molecule has 168 valence electrons. The summed E-state index contributed by atoms with van der Waals surface area (Å²) in [5.74, 6) is 8.55. The van der Waals surface area contributed by atoms with Gasteiger partial charge in [0.1, 0.15) is 6.10 Å². The van der Waals surface area contributed by atoms with Gasteiger partial charge in [-0.2, -0.15) is 0 Å². The normalized spacial score (nSPS) is 33.9. The molecule has 4 aliphatic rings. The summed E-state index contributed by atoms with van der Waals surface area (Å²) in [6.07, 6.45) is 7.96. The lowest BCUT2D eigenvalue weighted by Crippen LogP contribution is -2.36. The predicted octanol–water partition coefficient (Wildman–Crippen LogP) is 5.88. The average molecular weight is 430 g/mol. The number of rotatable bonds is 2. The van der Waals surface area contributed by atoms with Crippen LogP contribution in [0.4, 0.5) is 5.69 Å². The zero-order valence-electron chi connectivity index (χ0n) is 19.9. The number of allylic oxidation sites excluding steroid dienone is 3. The van der Waals surface area contributed by atoms with Crippen LogP contribution >= 0.6 is 0 Å². The van der Waals surface area contributed by atoms with Gasteiger partial charge in [0.2, 0.25) is 0 Å². The minimum atomic E-state index is -0.0271. The van der Waals surface area contributed by atoms with E-state index in [0.29, 0.717) is 24.2 Å². The molecule has 5 atom stereocenters. The Balaban J connectivity index is 1.64. The summed E-state index contributed by atoms with van der Waals surface area (Å²) in [7, 11) is 4.15. The Bertz CT molecular complexity index is 1040. The number of hydrogen-bond acceptors (Lipinski definition) is 3. The summed E-state index contributed by atoms with van der Waals surface area (Å²) >= 11 is 0. The van der Waals surface area contributed by atoms with Crippen LogP contribution in [0, 0.1) is 35.0 Å². The first kappa shape index (κ1) is 21.5. The smallest absolute Gasteiger partial charge is 0.156 e. The van der Waals surface area contributed by atoms with Crippen molar-refractivity contribution in [3.8, 4) is 11.8 Å². The van der Waals surface area contributed by atoms with Crippen molar-refractivity contribution in [2.24, 2.45) is 23.2 Å². The molecule has 1 aromatic rings. The summed E-state index contributed by atoms with van der Waals surface area (Å²) < 4.78 is 6.88. The maximum Gasteiger partial charge on any atom is 0.156 e. The van der Waals surface area contributed by atoms with E-state index < -0.39 is 0 Å². The highest BCUT2D eigenvalue weighted by Gasteiger charge is 2.54. The number of ketones is 1. The molecule has 0 spiro atoms. The summed E-state index contributed by atoms with van der Waals surface area (Å²) in [6, 6.07) is 8.87. The molecular weight excluding hydrogens is 394 g/mol. The number of hydrogen-bond donors (Lipinski definition) is 0. The van der Waals surface area contributed by atoms with Gasteiger partial charge in [-0.1, -0.05) is 25.0 Å². The summed E-state index contributed by atoms with van der Waals surface area (Å²) in [6.45, 7) is 5.14. The SMILES string of the molecule is CC#CC1CCC2C3CCC4=CC(=O)CCC4=C3C(c3ccc(N(C)C)cc3)OC[C@]12C. The molecular formula is C29H35NO2. The Hall–Kier alpha value is -2.31. The van der Waals surface area contributed by atoms with E-state index in [-0.39, 0.29) is 17.3 Å². The van der Waals surface area contributed by atoms with Gasteiger partial charge in [0.05, 0.1) is 6.61 Å². The molecule has 0 radical (unpaired) electrons. The van der Waals surface area contributed by atoms with E-state index in [9.17, 15) is 4.79 Å². The third kappa shape index (κ3) is 3.44. The summed E-state index contributed by atoms with van der Waals surface area (Å²) in [4.78, 5) is 14.3. The largest absolute Gasteiger partial charge is 0.378 e. The fraction of sp³-hybridized carbons (Fsp3) is 0.552. The molecule has 4 unspecified atom stereocenters. The van der Waals surface area contributed by atoms with Gasteiger partial charge in [0.15, 0.2) is 5.78 Å². The Kier molecular flexibility index (Phi) is 5.54. The van der Waals surface area contributed by atoms with E-state index in [1.54, 1.807) is 0 Å². The number of ether oxygens (including phenoxy) is 1. The zero-order valence-corrected chi connectivity index (χ0v) is 19.9. The molecule has 32 heavy (non-hydrogen) atoms. The second kappa shape index (κ2) is 8.23. The molecule has 0 bridgehead atoms. The fourth-order valence-corrected chi connectivity index (χ4v) is 6.90. The highest BCUT2D eigenvalue weighted by atomic mass is 16.5. The van der Waals surface area contributed by atoms with E-state index in [0.717, 1.165) is 25.9 Å². The molecule has 0 N–H and O–H groups in total. The highest BCUT2D eigenvalue weighted by Crippen LogP contribution is 2.60. The van der Waals surface area contributed by atoms with Gasteiger partial charge in [0, 0.05) is 37.5 Å². The lowest BCUT2D eigenvalue weighted by molar-refractivity contribution is -0.114. The second-order valence-corrected chi connectivity index (χ2v) is 10.5. The van der Waals surface area contributed by atoms with E-state index in [1.165, 1.54) is 40.8 Å². The Morgan fingerprint density at radius 2 is 1.84 bits per heavy atom. The second-order valence-electron chi connectivity index (χ2n) is 10.5. The van der Waals surface area contributed by atoms with Crippen molar-refractivity contribution in [3.05, 3.63) is 52.6 Å². The van der Waals surface area contributed by atoms with Crippen LogP contribution in [0.5, 0.6) is 0 Å².